The Morgan fingerprint density at radius 2 is 1.71 bits per heavy atom. The molecule has 6 heteroatoms. The Bertz CT molecular complexity index is 787. The monoisotopic (exact) mass is 381 g/mol. The molecule has 1 aliphatic rings. The summed E-state index contributed by atoms with van der Waals surface area (Å²) in [7, 11) is 0. The van der Waals surface area contributed by atoms with Crippen molar-refractivity contribution in [3.63, 3.8) is 0 Å². The molecule has 1 saturated heterocycles. The zero-order valence-corrected chi connectivity index (χ0v) is 16.2. The van der Waals surface area contributed by atoms with Crippen molar-refractivity contribution in [1.29, 1.82) is 0 Å². The fourth-order valence-electron chi connectivity index (χ4n) is 3.36. The third-order valence-electron chi connectivity index (χ3n) is 4.78. The number of amides is 2. The van der Waals surface area contributed by atoms with E-state index < -0.39 is 0 Å². The lowest BCUT2D eigenvalue weighted by Gasteiger charge is -2.32. The fourth-order valence-corrected chi connectivity index (χ4v) is 3.36. The number of carbonyl (C=O) groups is 2. The summed E-state index contributed by atoms with van der Waals surface area (Å²) in [6.07, 6.45) is 1.64. The van der Waals surface area contributed by atoms with Crippen LogP contribution in [0.15, 0.2) is 54.6 Å². The Kier molecular flexibility index (Phi) is 7.03. The molecule has 0 aromatic heterocycles. The number of hydrogen-bond acceptors (Lipinski definition) is 4. The van der Waals surface area contributed by atoms with Crippen molar-refractivity contribution in [2.24, 2.45) is 0 Å². The van der Waals surface area contributed by atoms with Gasteiger partial charge in [-0.25, -0.2) is 0 Å². The van der Waals surface area contributed by atoms with Crippen LogP contribution in [-0.4, -0.2) is 49.0 Å². The molecule has 0 atom stereocenters. The second-order valence-electron chi connectivity index (χ2n) is 6.87. The molecule has 1 aliphatic heterocycles. The zero-order chi connectivity index (χ0) is 19.8. The van der Waals surface area contributed by atoms with E-state index in [2.05, 4.69) is 15.5 Å². The molecule has 0 radical (unpaired) electrons. The van der Waals surface area contributed by atoms with E-state index in [1.807, 2.05) is 55.5 Å². The molecular weight excluding hydrogens is 354 g/mol. The molecule has 2 amide bonds. The number of hydrogen-bond donors (Lipinski definition) is 2. The van der Waals surface area contributed by atoms with Crippen LogP contribution >= 0.6 is 0 Å². The molecule has 0 spiro atoms. The fraction of sp³-hybridized carbons (Fsp3) is 0.364. The van der Waals surface area contributed by atoms with E-state index in [-0.39, 0.29) is 17.9 Å². The van der Waals surface area contributed by atoms with Gasteiger partial charge in [0.25, 0.3) is 5.91 Å². The maximum Gasteiger partial charge on any atom is 0.255 e. The highest BCUT2D eigenvalue weighted by Crippen LogP contribution is 2.19. The van der Waals surface area contributed by atoms with E-state index in [1.54, 1.807) is 6.07 Å². The molecule has 2 aromatic carbocycles. The number of carbonyl (C=O) groups excluding carboxylic acids is 2. The SMILES string of the molecule is CCOc1ccccc1C(=O)NC1CCN(CC(=O)Nc2ccccc2)CC1. The number of anilines is 1. The highest BCUT2D eigenvalue weighted by molar-refractivity contribution is 5.97. The molecule has 3 rings (SSSR count). The number of nitrogens with one attached hydrogen (secondary N) is 2. The molecule has 0 aliphatic carbocycles. The second-order valence-corrected chi connectivity index (χ2v) is 6.87. The van der Waals surface area contributed by atoms with Gasteiger partial charge in [0.2, 0.25) is 5.91 Å². The summed E-state index contributed by atoms with van der Waals surface area (Å²) >= 11 is 0. The standard InChI is InChI=1S/C22H27N3O3/c1-2-28-20-11-7-6-10-19(20)22(27)24-18-12-14-25(15-13-18)16-21(26)23-17-8-4-3-5-9-17/h3-11,18H,2,12-16H2,1H3,(H,23,26)(H,24,27). The lowest BCUT2D eigenvalue weighted by atomic mass is 10.0. The number of rotatable bonds is 7. The van der Waals surface area contributed by atoms with Crippen LogP contribution in [0.5, 0.6) is 5.75 Å². The third kappa shape index (κ3) is 5.57. The average Bonchev–Trinajstić information content (AvgIpc) is 2.71. The summed E-state index contributed by atoms with van der Waals surface area (Å²) in [5.74, 6) is 0.487. The average molecular weight is 381 g/mol. The van der Waals surface area contributed by atoms with Crippen LogP contribution in [0.25, 0.3) is 0 Å². The first kappa shape index (κ1) is 19.9. The minimum Gasteiger partial charge on any atom is -0.493 e. The number of ether oxygens (including phenoxy) is 1. The molecule has 0 unspecified atom stereocenters. The van der Waals surface area contributed by atoms with Gasteiger partial charge in [0.05, 0.1) is 18.7 Å². The van der Waals surface area contributed by atoms with Crippen molar-refractivity contribution < 1.29 is 14.3 Å². The van der Waals surface area contributed by atoms with Crippen molar-refractivity contribution in [3.8, 4) is 5.75 Å². The number of nitrogens with zero attached hydrogens (tertiary/aromatic N) is 1. The molecule has 148 valence electrons. The van der Waals surface area contributed by atoms with Crippen molar-refractivity contribution >= 4 is 17.5 Å². The van der Waals surface area contributed by atoms with E-state index in [9.17, 15) is 9.59 Å². The van der Waals surface area contributed by atoms with Gasteiger partial charge in [-0.1, -0.05) is 30.3 Å². The van der Waals surface area contributed by atoms with E-state index in [4.69, 9.17) is 4.74 Å². The van der Waals surface area contributed by atoms with E-state index >= 15 is 0 Å². The summed E-state index contributed by atoms with van der Waals surface area (Å²) in [6, 6.07) is 16.9. The lowest BCUT2D eigenvalue weighted by Crippen LogP contribution is -2.46. The van der Waals surface area contributed by atoms with Gasteiger partial charge < -0.3 is 15.4 Å². The van der Waals surface area contributed by atoms with Gasteiger partial charge in [-0.2, -0.15) is 0 Å². The second kappa shape index (κ2) is 9.90. The molecule has 6 nitrogen and oxygen atoms in total. The molecule has 0 bridgehead atoms. The van der Waals surface area contributed by atoms with Crippen LogP contribution < -0.4 is 15.4 Å². The maximum atomic E-state index is 12.6. The zero-order valence-electron chi connectivity index (χ0n) is 16.2. The van der Waals surface area contributed by atoms with Crippen molar-refractivity contribution in [2.75, 3.05) is 31.6 Å². The summed E-state index contributed by atoms with van der Waals surface area (Å²) in [5, 5.41) is 6.01. The predicted octanol–water partition coefficient (Wildman–Crippen LogP) is 2.92. The molecule has 2 N–H and O–H groups in total. The highest BCUT2D eigenvalue weighted by atomic mass is 16.5. The normalized spacial score (nSPS) is 15.0. The molecule has 2 aromatic rings. The smallest absolute Gasteiger partial charge is 0.255 e. The first-order valence-corrected chi connectivity index (χ1v) is 9.75. The summed E-state index contributed by atoms with van der Waals surface area (Å²) in [4.78, 5) is 26.9. The Balaban J connectivity index is 1.45. The molecule has 28 heavy (non-hydrogen) atoms. The number of para-hydroxylation sites is 2. The topological polar surface area (TPSA) is 70.7 Å². The minimum atomic E-state index is -0.107. The van der Waals surface area contributed by atoms with Crippen LogP contribution in [0.1, 0.15) is 30.1 Å². The lowest BCUT2D eigenvalue weighted by molar-refractivity contribution is -0.117. The molecule has 0 saturated carbocycles. The van der Waals surface area contributed by atoms with E-state index in [0.717, 1.165) is 31.6 Å². The van der Waals surface area contributed by atoms with Gasteiger partial charge in [0.15, 0.2) is 0 Å². The summed E-state index contributed by atoms with van der Waals surface area (Å²) in [6.45, 7) is 4.34. The van der Waals surface area contributed by atoms with Crippen LogP contribution in [0.4, 0.5) is 5.69 Å². The van der Waals surface area contributed by atoms with Crippen LogP contribution in [0, 0.1) is 0 Å². The van der Waals surface area contributed by atoms with Gasteiger partial charge in [0, 0.05) is 24.8 Å². The Labute approximate surface area is 165 Å². The molecule has 1 heterocycles. The van der Waals surface area contributed by atoms with Crippen LogP contribution in [0.2, 0.25) is 0 Å². The van der Waals surface area contributed by atoms with Crippen molar-refractivity contribution in [1.82, 2.24) is 10.2 Å². The molecular formula is C22H27N3O3. The minimum absolute atomic E-state index is 0.0145. The van der Waals surface area contributed by atoms with Gasteiger partial charge >= 0.3 is 0 Å². The van der Waals surface area contributed by atoms with E-state index in [1.165, 1.54) is 0 Å². The van der Waals surface area contributed by atoms with Gasteiger partial charge in [0.1, 0.15) is 5.75 Å². The molecule has 1 fully saturated rings. The quantitative estimate of drug-likeness (QED) is 0.774. The van der Waals surface area contributed by atoms with Crippen molar-refractivity contribution in [3.05, 3.63) is 60.2 Å². The van der Waals surface area contributed by atoms with Crippen molar-refractivity contribution in [2.45, 2.75) is 25.8 Å². The number of benzene rings is 2. The maximum absolute atomic E-state index is 12.6. The van der Waals surface area contributed by atoms with Crippen LogP contribution in [-0.2, 0) is 4.79 Å². The summed E-state index contributed by atoms with van der Waals surface area (Å²) < 4.78 is 5.54. The van der Waals surface area contributed by atoms with Crippen LogP contribution in [0.3, 0.4) is 0 Å². The number of piperidine rings is 1. The highest BCUT2D eigenvalue weighted by Gasteiger charge is 2.23. The Morgan fingerprint density at radius 3 is 2.43 bits per heavy atom. The largest absolute Gasteiger partial charge is 0.493 e. The predicted molar refractivity (Wildman–Crippen MR) is 110 cm³/mol. The first-order chi connectivity index (χ1) is 13.7. The van der Waals surface area contributed by atoms with E-state index in [0.29, 0.717) is 24.5 Å². The summed E-state index contributed by atoms with van der Waals surface area (Å²) in [5.41, 5.74) is 1.37. The van der Waals surface area contributed by atoms with Gasteiger partial charge in [-0.3, -0.25) is 14.5 Å². The Hall–Kier alpha value is -2.86. The Morgan fingerprint density at radius 1 is 1.04 bits per heavy atom. The van der Waals surface area contributed by atoms with Gasteiger partial charge in [-0.15, -0.1) is 0 Å². The van der Waals surface area contributed by atoms with Gasteiger partial charge in [-0.05, 0) is 44.0 Å². The third-order valence-corrected chi connectivity index (χ3v) is 4.78. The first-order valence-electron chi connectivity index (χ1n) is 9.75. The number of likely N-dealkylation sites (tertiary alicyclic amines) is 1.